The van der Waals surface area contributed by atoms with Crippen LogP contribution in [-0.4, -0.2) is 35.5 Å². The van der Waals surface area contributed by atoms with Gasteiger partial charge in [-0.05, 0) is 43.2 Å². The molecule has 3 N–H and O–H groups in total. The molecule has 0 amide bonds. The third-order valence-electron chi connectivity index (χ3n) is 6.20. The average molecular weight is 400 g/mol. The highest BCUT2D eigenvalue weighted by atomic mass is 16.5. The molecule has 2 unspecified atom stereocenters. The van der Waals surface area contributed by atoms with Crippen molar-refractivity contribution in [2.45, 2.75) is 38.6 Å². The van der Waals surface area contributed by atoms with Gasteiger partial charge in [-0.2, -0.15) is 10.4 Å². The summed E-state index contributed by atoms with van der Waals surface area (Å²) in [6.07, 6.45) is 1.35. The van der Waals surface area contributed by atoms with Gasteiger partial charge in [0.15, 0.2) is 5.82 Å². The minimum atomic E-state index is -0.502. The first-order valence-corrected chi connectivity index (χ1v) is 10.2. The maximum atomic E-state index is 9.32. The Balaban J connectivity index is 1.50. The number of fused-ring (bicyclic) bond motifs is 3. The number of anilines is 2. The van der Waals surface area contributed by atoms with E-state index in [4.69, 9.17) is 10.5 Å². The first-order chi connectivity index (χ1) is 14.5. The summed E-state index contributed by atoms with van der Waals surface area (Å²) in [6.45, 7) is 5.71. The number of hydrogen-bond donors (Lipinski definition) is 2. The lowest BCUT2D eigenvalue weighted by molar-refractivity contribution is -0.133. The molecule has 3 fully saturated rings. The number of morpholine rings is 1. The number of hydrogen-bond acceptors (Lipinski definition) is 7. The number of nitriles is 1. The minimum absolute atomic E-state index is 0.346. The van der Waals surface area contributed by atoms with Crippen LogP contribution >= 0.6 is 0 Å². The van der Waals surface area contributed by atoms with Crippen molar-refractivity contribution >= 4 is 22.3 Å². The zero-order valence-corrected chi connectivity index (χ0v) is 17.1. The SMILES string of the molecule is Cc1c(C#N)cccc1[C@@H](N)Nc1nnc(C)c2ccc(N3CC4CC(C3)O4)cc12. The second kappa shape index (κ2) is 7.24. The van der Waals surface area contributed by atoms with E-state index in [0.29, 0.717) is 23.6 Å². The van der Waals surface area contributed by atoms with Gasteiger partial charge in [0.05, 0.1) is 29.5 Å². The van der Waals surface area contributed by atoms with Crippen LogP contribution < -0.4 is 16.0 Å². The van der Waals surface area contributed by atoms with E-state index in [9.17, 15) is 5.26 Å². The number of piperidine rings is 1. The third-order valence-corrected chi connectivity index (χ3v) is 6.20. The van der Waals surface area contributed by atoms with Crippen molar-refractivity contribution < 1.29 is 4.74 Å². The summed E-state index contributed by atoms with van der Waals surface area (Å²) in [6, 6.07) is 14.2. The quantitative estimate of drug-likeness (QED) is 0.649. The molecule has 152 valence electrons. The van der Waals surface area contributed by atoms with Gasteiger partial charge in [-0.25, -0.2) is 0 Å². The van der Waals surface area contributed by atoms with E-state index in [2.05, 4.69) is 44.7 Å². The second-order valence-electron chi connectivity index (χ2n) is 8.14. The molecule has 3 saturated heterocycles. The summed E-state index contributed by atoms with van der Waals surface area (Å²) < 4.78 is 5.77. The Morgan fingerprint density at radius 2 is 1.93 bits per heavy atom. The van der Waals surface area contributed by atoms with Crippen molar-refractivity contribution in [2.75, 3.05) is 23.3 Å². The number of nitrogens with one attached hydrogen (secondary N) is 1. The van der Waals surface area contributed by atoms with Crippen molar-refractivity contribution in [1.29, 1.82) is 5.26 Å². The van der Waals surface area contributed by atoms with Crippen LogP contribution in [0.2, 0.25) is 0 Å². The maximum Gasteiger partial charge on any atom is 0.158 e. The summed E-state index contributed by atoms with van der Waals surface area (Å²) in [4.78, 5) is 2.38. The van der Waals surface area contributed by atoms with E-state index in [1.165, 1.54) is 0 Å². The molecule has 30 heavy (non-hydrogen) atoms. The van der Waals surface area contributed by atoms with Gasteiger partial charge in [0.2, 0.25) is 0 Å². The topological polar surface area (TPSA) is 100 Å². The fourth-order valence-electron chi connectivity index (χ4n) is 4.48. The van der Waals surface area contributed by atoms with Crippen LogP contribution in [0.4, 0.5) is 11.5 Å². The normalized spacial score (nSPS) is 21.1. The number of aromatic nitrogens is 2. The fraction of sp³-hybridized carbons (Fsp3) is 0.348. The lowest BCUT2D eigenvalue weighted by Gasteiger charge is -2.48. The minimum Gasteiger partial charge on any atom is -0.371 e. The summed E-state index contributed by atoms with van der Waals surface area (Å²) in [5.41, 5.74) is 10.9. The second-order valence-corrected chi connectivity index (χ2v) is 8.14. The molecule has 1 aromatic heterocycles. The molecule has 0 aliphatic carbocycles. The highest BCUT2D eigenvalue weighted by Crippen LogP contribution is 2.34. The van der Waals surface area contributed by atoms with Gasteiger partial charge in [-0.1, -0.05) is 18.2 Å². The summed E-state index contributed by atoms with van der Waals surface area (Å²) in [7, 11) is 0. The highest BCUT2D eigenvalue weighted by Gasteiger charge is 2.38. The van der Waals surface area contributed by atoms with E-state index in [-0.39, 0.29) is 0 Å². The molecule has 0 spiro atoms. The third kappa shape index (κ3) is 3.15. The van der Waals surface area contributed by atoms with E-state index in [1.54, 1.807) is 6.07 Å². The Morgan fingerprint density at radius 1 is 1.17 bits per heavy atom. The average Bonchev–Trinajstić information content (AvgIpc) is 2.75. The Labute approximate surface area is 175 Å². The van der Waals surface area contributed by atoms with Crippen LogP contribution in [0.1, 0.15) is 35.0 Å². The molecular weight excluding hydrogens is 376 g/mol. The van der Waals surface area contributed by atoms with E-state index in [0.717, 1.165) is 52.8 Å². The van der Waals surface area contributed by atoms with Crippen molar-refractivity contribution in [2.24, 2.45) is 5.73 Å². The molecule has 3 atom stereocenters. The Morgan fingerprint density at radius 3 is 2.67 bits per heavy atom. The number of nitrogens with zero attached hydrogens (tertiary/aromatic N) is 4. The van der Waals surface area contributed by atoms with Gasteiger partial charge in [-0.3, -0.25) is 0 Å². The lowest BCUT2D eigenvalue weighted by Crippen LogP contribution is -2.57. The van der Waals surface area contributed by atoms with Gasteiger partial charge < -0.3 is 20.7 Å². The van der Waals surface area contributed by atoms with Crippen molar-refractivity contribution in [3.8, 4) is 6.07 Å². The van der Waals surface area contributed by atoms with Gasteiger partial charge in [0, 0.05) is 36.0 Å². The summed E-state index contributed by atoms with van der Waals surface area (Å²) >= 11 is 0. The van der Waals surface area contributed by atoms with Crippen LogP contribution in [0.15, 0.2) is 36.4 Å². The molecule has 4 heterocycles. The van der Waals surface area contributed by atoms with E-state index >= 15 is 0 Å². The molecule has 0 saturated carbocycles. The molecule has 7 nitrogen and oxygen atoms in total. The van der Waals surface area contributed by atoms with Gasteiger partial charge in [-0.15, -0.1) is 5.10 Å². The molecule has 0 radical (unpaired) electrons. The predicted molar refractivity (Wildman–Crippen MR) is 116 cm³/mol. The van der Waals surface area contributed by atoms with Crippen molar-refractivity contribution in [1.82, 2.24) is 10.2 Å². The highest BCUT2D eigenvalue weighted by molar-refractivity contribution is 5.95. The Hall–Kier alpha value is -3.21. The molecule has 2 aromatic carbocycles. The van der Waals surface area contributed by atoms with Crippen LogP contribution in [0.25, 0.3) is 10.8 Å². The van der Waals surface area contributed by atoms with E-state index < -0.39 is 6.17 Å². The summed E-state index contributed by atoms with van der Waals surface area (Å²) in [5.74, 6) is 0.644. The zero-order chi connectivity index (χ0) is 20.8. The predicted octanol–water partition coefficient (Wildman–Crippen LogP) is 3.17. The number of nitrogens with two attached hydrogens (primary N) is 1. The molecule has 2 bridgehead atoms. The number of ether oxygens (including phenoxy) is 1. The Bertz CT molecular complexity index is 1150. The van der Waals surface area contributed by atoms with Gasteiger partial charge >= 0.3 is 0 Å². The fourth-order valence-corrected chi connectivity index (χ4v) is 4.48. The molecule has 3 aromatic rings. The molecule has 7 heteroatoms. The van der Waals surface area contributed by atoms with Crippen molar-refractivity contribution in [3.05, 3.63) is 58.8 Å². The van der Waals surface area contributed by atoms with E-state index in [1.807, 2.05) is 26.0 Å². The maximum absolute atomic E-state index is 9.32. The van der Waals surface area contributed by atoms with Gasteiger partial charge in [0.25, 0.3) is 0 Å². The van der Waals surface area contributed by atoms with Crippen LogP contribution in [0, 0.1) is 25.2 Å². The first kappa shape index (κ1) is 18.8. The molecule has 3 aliphatic rings. The number of aryl methyl sites for hydroxylation is 1. The van der Waals surface area contributed by atoms with Crippen LogP contribution in [0.5, 0.6) is 0 Å². The van der Waals surface area contributed by atoms with Crippen molar-refractivity contribution in [3.63, 3.8) is 0 Å². The van der Waals surface area contributed by atoms with Crippen LogP contribution in [0.3, 0.4) is 0 Å². The number of benzene rings is 2. The monoisotopic (exact) mass is 400 g/mol. The lowest BCUT2D eigenvalue weighted by atomic mass is 9.97. The largest absolute Gasteiger partial charge is 0.371 e. The standard InChI is InChI=1S/C23H24N6O/c1-13-15(10-24)4-3-5-19(13)22(25)26-23-21-8-16(6-7-20(21)14(2)27-28-23)29-11-17-9-18(12-29)30-17/h3-8,17-18,22H,9,11-12,25H2,1-2H3,(H,26,28)/t17?,18?,22-/m0/s1. The molecule has 6 rings (SSSR count). The Kier molecular flexibility index (Phi) is 4.54. The number of rotatable bonds is 4. The molecular formula is C23H24N6O. The first-order valence-electron chi connectivity index (χ1n) is 10.2. The zero-order valence-electron chi connectivity index (χ0n) is 17.1. The smallest absolute Gasteiger partial charge is 0.158 e. The van der Waals surface area contributed by atoms with Crippen LogP contribution in [-0.2, 0) is 4.74 Å². The summed E-state index contributed by atoms with van der Waals surface area (Å²) in [5, 5.41) is 23.4. The van der Waals surface area contributed by atoms with Gasteiger partial charge in [0.1, 0.15) is 6.17 Å². The molecule has 3 aliphatic heterocycles.